The van der Waals surface area contributed by atoms with Crippen molar-refractivity contribution in [2.24, 2.45) is 4.99 Å². The number of hydrogen-bond donors (Lipinski definition) is 1. The van der Waals surface area contributed by atoms with Crippen LogP contribution in [0.15, 0.2) is 22.7 Å². The van der Waals surface area contributed by atoms with Gasteiger partial charge in [0.25, 0.3) is 0 Å². The van der Waals surface area contributed by atoms with E-state index in [4.69, 9.17) is 27.9 Å². The van der Waals surface area contributed by atoms with Crippen molar-refractivity contribution in [2.75, 3.05) is 6.61 Å². The summed E-state index contributed by atoms with van der Waals surface area (Å²) in [6.45, 7) is 3.65. The molecule has 2 rings (SSSR count). The fraction of sp³-hybridized carbons (Fsp3) is 0.375. The van der Waals surface area contributed by atoms with E-state index in [0.29, 0.717) is 21.2 Å². The molecule has 6 heteroatoms. The molecule has 0 amide bonds. The monoisotopic (exact) mass is 341 g/mol. The van der Waals surface area contributed by atoms with Crippen LogP contribution in [0.2, 0.25) is 10.0 Å². The van der Waals surface area contributed by atoms with Crippen molar-refractivity contribution in [3.8, 4) is 0 Å². The van der Waals surface area contributed by atoms with Crippen LogP contribution in [-0.4, -0.2) is 29.9 Å². The van der Waals surface area contributed by atoms with Gasteiger partial charge in [-0.2, -0.15) is 0 Å². The second-order valence-corrected chi connectivity index (χ2v) is 5.81. The van der Waals surface area contributed by atoms with Crippen LogP contribution >= 0.6 is 23.2 Å². The molecule has 0 bridgehead atoms. The van der Waals surface area contributed by atoms with E-state index < -0.39 is 5.97 Å². The van der Waals surface area contributed by atoms with Crippen molar-refractivity contribution in [1.29, 1.82) is 0 Å². The number of rotatable bonds is 5. The van der Waals surface area contributed by atoms with Crippen molar-refractivity contribution < 1.29 is 14.6 Å². The highest BCUT2D eigenvalue weighted by molar-refractivity contribution is 6.37. The lowest BCUT2D eigenvalue weighted by Gasteiger charge is -2.10. The Morgan fingerprint density at radius 2 is 2.14 bits per heavy atom. The molecule has 118 valence electrons. The van der Waals surface area contributed by atoms with E-state index in [1.54, 1.807) is 26.0 Å². The summed E-state index contributed by atoms with van der Waals surface area (Å²) < 4.78 is 4.98. The fourth-order valence-electron chi connectivity index (χ4n) is 1.81. The van der Waals surface area contributed by atoms with Crippen molar-refractivity contribution >= 4 is 41.1 Å². The van der Waals surface area contributed by atoms with E-state index in [-0.39, 0.29) is 24.0 Å². The fourth-order valence-corrected chi connectivity index (χ4v) is 2.27. The molecule has 0 saturated heterocycles. The lowest BCUT2D eigenvalue weighted by Crippen LogP contribution is -2.12. The summed E-state index contributed by atoms with van der Waals surface area (Å²) in [7, 11) is 0. The van der Waals surface area contributed by atoms with Crippen LogP contribution < -0.4 is 0 Å². The summed E-state index contributed by atoms with van der Waals surface area (Å²) >= 11 is 12.2. The van der Waals surface area contributed by atoms with Gasteiger partial charge in [-0.05, 0) is 44.4 Å². The Labute approximate surface area is 139 Å². The number of aliphatic imine (C=N–C) groups is 1. The molecule has 1 fully saturated rings. The predicted molar refractivity (Wildman–Crippen MR) is 88.9 cm³/mol. The smallest absolute Gasteiger partial charge is 0.343 e. The minimum Gasteiger partial charge on any atom is -0.506 e. The molecule has 1 aromatic carbocycles. The average Bonchev–Trinajstić information content (AvgIpc) is 3.29. The summed E-state index contributed by atoms with van der Waals surface area (Å²) in [5.74, 6) is -0.888. The van der Waals surface area contributed by atoms with Crippen molar-refractivity contribution in [3.05, 3.63) is 38.9 Å². The largest absolute Gasteiger partial charge is 0.506 e. The van der Waals surface area contributed by atoms with Gasteiger partial charge in [0, 0.05) is 16.8 Å². The molecule has 0 radical (unpaired) electrons. The standard InChI is InChI=1S/C16H17Cl2NO3/c1-3-22-16(21)12(8-19-10-4-5-10)15(20)11-6-7-13(17)9(2)14(11)18/h6-8,10,20H,3-5H2,1-2H3/b15-12-,19-8?. The number of aliphatic hydroxyl groups is 1. The van der Waals surface area contributed by atoms with E-state index in [9.17, 15) is 9.90 Å². The van der Waals surface area contributed by atoms with Gasteiger partial charge in [-0.15, -0.1) is 0 Å². The number of halogens is 2. The van der Waals surface area contributed by atoms with Gasteiger partial charge in [-0.25, -0.2) is 4.79 Å². The van der Waals surface area contributed by atoms with Gasteiger partial charge in [-0.3, -0.25) is 4.99 Å². The average molecular weight is 342 g/mol. The molecular formula is C16H17Cl2NO3. The molecule has 0 spiro atoms. The second kappa shape index (κ2) is 7.16. The number of hydrogen-bond acceptors (Lipinski definition) is 4. The van der Waals surface area contributed by atoms with Crippen LogP contribution in [0.3, 0.4) is 0 Å². The van der Waals surface area contributed by atoms with E-state index in [2.05, 4.69) is 4.99 Å². The minimum atomic E-state index is -0.631. The minimum absolute atomic E-state index is 0.00243. The molecule has 0 aliphatic heterocycles. The normalized spacial score (nSPS) is 15.8. The maximum Gasteiger partial charge on any atom is 0.343 e. The highest BCUT2D eigenvalue weighted by atomic mass is 35.5. The number of carbonyl (C=O) groups is 1. The van der Waals surface area contributed by atoms with Gasteiger partial charge in [0.2, 0.25) is 0 Å². The molecule has 1 N–H and O–H groups in total. The van der Waals surface area contributed by atoms with Crippen molar-refractivity contribution in [1.82, 2.24) is 0 Å². The number of ether oxygens (including phenoxy) is 1. The number of nitrogens with zero attached hydrogens (tertiary/aromatic N) is 1. The van der Waals surface area contributed by atoms with Crippen LogP contribution in [0.1, 0.15) is 30.9 Å². The third-order valence-corrected chi connectivity index (χ3v) is 4.18. The Bertz CT molecular complexity index is 649. The molecule has 0 heterocycles. The quantitative estimate of drug-likeness (QED) is 0.374. The number of esters is 1. The van der Waals surface area contributed by atoms with Gasteiger partial charge in [0.05, 0.1) is 17.7 Å². The molecule has 0 aromatic heterocycles. The van der Waals surface area contributed by atoms with E-state index >= 15 is 0 Å². The summed E-state index contributed by atoms with van der Waals surface area (Å²) in [5, 5.41) is 11.3. The van der Waals surface area contributed by atoms with Crippen LogP contribution in [-0.2, 0) is 9.53 Å². The first-order valence-corrected chi connectivity index (χ1v) is 7.79. The molecule has 22 heavy (non-hydrogen) atoms. The molecule has 1 aliphatic rings. The van der Waals surface area contributed by atoms with Gasteiger partial charge in [0.15, 0.2) is 0 Å². The van der Waals surface area contributed by atoms with Crippen molar-refractivity contribution in [2.45, 2.75) is 32.7 Å². The van der Waals surface area contributed by atoms with Gasteiger partial charge < -0.3 is 9.84 Å². The predicted octanol–water partition coefficient (Wildman–Crippen LogP) is 4.37. The number of aliphatic hydroxyl groups excluding tert-OH is 1. The van der Waals surface area contributed by atoms with E-state index in [1.807, 2.05) is 0 Å². The third kappa shape index (κ3) is 3.81. The zero-order chi connectivity index (χ0) is 16.3. The van der Waals surface area contributed by atoms with Crippen LogP contribution in [0.25, 0.3) is 5.76 Å². The Hall–Kier alpha value is -1.52. The topological polar surface area (TPSA) is 58.9 Å². The second-order valence-electron chi connectivity index (χ2n) is 5.03. The first-order valence-electron chi connectivity index (χ1n) is 7.04. The zero-order valence-electron chi connectivity index (χ0n) is 12.4. The maximum absolute atomic E-state index is 12.1. The van der Waals surface area contributed by atoms with Crippen LogP contribution in [0.4, 0.5) is 0 Å². The van der Waals surface area contributed by atoms with Crippen LogP contribution in [0.5, 0.6) is 0 Å². The molecule has 0 unspecified atom stereocenters. The molecule has 1 saturated carbocycles. The summed E-state index contributed by atoms with van der Waals surface area (Å²) in [6.07, 6.45) is 3.35. The lowest BCUT2D eigenvalue weighted by atomic mass is 10.1. The first kappa shape index (κ1) is 16.8. The summed E-state index contributed by atoms with van der Waals surface area (Å²) in [4.78, 5) is 16.3. The SMILES string of the molecule is CCOC(=O)/C(C=NC1CC1)=C(\O)c1ccc(Cl)c(C)c1Cl. The van der Waals surface area contributed by atoms with Crippen molar-refractivity contribution in [3.63, 3.8) is 0 Å². The number of carbonyl (C=O) groups excluding carboxylic acids is 1. The van der Waals surface area contributed by atoms with Gasteiger partial charge in [-0.1, -0.05) is 23.2 Å². The Balaban J connectivity index is 2.47. The zero-order valence-corrected chi connectivity index (χ0v) is 13.9. The highest BCUT2D eigenvalue weighted by Crippen LogP contribution is 2.32. The Kier molecular flexibility index (Phi) is 5.48. The first-order chi connectivity index (χ1) is 10.5. The molecule has 4 nitrogen and oxygen atoms in total. The molecular weight excluding hydrogens is 325 g/mol. The van der Waals surface area contributed by atoms with Gasteiger partial charge >= 0.3 is 5.97 Å². The van der Waals surface area contributed by atoms with E-state index in [1.165, 1.54) is 6.21 Å². The highest BCUT2D eigenvalue weighted by Gasteiger charge is 2.23. The maximum atomic E-state index is 12.1. The van der Waals surface area contributed by atoms with Crippen LogP contribution in [0, 0.1) is 6.92 Å². The summed E-state index contributed by atoms with van der Waals surface area (Å²) in [6, 6.07) is 3.41. The molecule has 1 aliphatic carbocycles. The van der Waals surface area contributed by atoms with Gasteiger partial charge in [0.1, 0.15) is 11.3 Å². The molecule has 1 aromatic rings. The number of benzene rings is 1. The molecule has 0 atom stereocenters. The third-order valence-electron chi connectivity index (χ3n) is 3.29. The lowest BCUT2D eigenvalue weighted by molar-refractivity contribution is -0.137. The van der Waals surface area contributed by atoms with E-state index in [0.717, 1.165) is 12.8 Å². The summed E-state index contributed by atoms with van der Waals surface area (Å²) in [5.41, 5.74) is 0.959. The Morgan fingerprint density at radius 1 is 1.45 bits per heavy atom. The Morgan fingerprint density at radius 3 is 2.73 bits per heavy atom.